The van der Waals surface area contributed by atoms with E-state index in [9.17, 15) is 10.1 Å². The van der Waals surface area contributed by atoms with Crippen LogP contribution in [0.2, 0.25) is 0 Å². The fraction of sp³-hybridized carbons (Fsp3) is 0.353. The molecule has 2 aromatic rings. The van der Waals surface area contributed by atoms with Gasteiger partial charge in [0.2, 0.25) is 0 Å². The molecule has 0 aromatic carbocycles. The molecule has 3 heterocycles. The summed E-state index contributed by atoms with van der Waals surface area (Å²) in [5.74, 6) is 0.664. The van der Waals surface area contributed by atoms with Crippen LogP contribution in [-0.4, -0.2) is 58.2 Å². The molecule has 1 fully saturated rings. The standard InChI is InChI=1S/C17H18N6OS/c1-25-17-20-12-14(11-18)15(21-17)22-7-2-8-23(10-9-22)16(24)13-3-5-19-6-4-13/h3-6,12H,2,7-10H2,1H3. The molecule has 0 saturated carbocycles. The Balaban J connectivity index is 1.76. The Morgan fingerprint density at radius 2 is 2.04 bits per heavy atom. The maximum atomic E-state index is 12.6. The van der Waals surface area contributed by atoms with Gasteiger partial charge in [-0.25, -0.2) is 9.97 Å². The zero-order valence-electron chi connectivity index (χ0n) is 13.9. The van der Waals surface area contributed by atoms with Crippen LogP contribution in [0.15, 0.2) is 35.9 Å². The normalized spacial score (nSPS) is 14.7. The van der Waals surface area contributed by atoms with Gasteiger partial charge in [-0.3, -0.25) is 9.78 Å². The second-order valence-corrected chi connectivity index (χ2v) is 6.35. The lowest BCUT2D eigenvalue weighted by atomic mass is 10.2. The summed E-state index contributed by atoms with van der Waals surface area (Å²) in [5.41, 5.74) is 1.11. The van der Waals surface area contributed by atoms with Gasteiger partial charge in [0.1, 0.15) is 11.6 Å². The first kappa shape index (κ1) is 17.2. The van der Waals surface area contributed by atoms with Crippen LogP contribution in [0.25, 0.3) is 0 Å². The Kier molecular flexibility index (Phi) is 5.46. The monoisotopic (exact) mass is 354 g/mol. The van der Waals surface area contributed by atoms with E-state index >= 15 is 0 Å². The lowest BCUT2D eigenvalue weighted by molar-refractivity contribution is 0.0767. The maximum absolute atomic E-state index is 12.6. The Bertz CT molecular complexity index is 791. The van der Waals surface area contributed by atoms with E-state index in [0.29, 0.717) is 41.7 Å². The number of aromatic nitrogens is 3. The van der Waals surface area contributed by atoms with Crippen LogP contribution in [0, 0.1) is 11.3 Å². The topological polar surface area (TPSA) is 86.0 Å². The predicted molar refractivity (Wildman–Crippen MR) is 95.5 cm³/mol. The molecule has 128 valence electrons. The highest BCUT2D eigenvalue weighted by molar-refractivity contribution is 7.98. The largest absolute Gasteiger partial charge is 0.354 e. The van der Waals surface area contributed by atoms with E-state index in [4.69, 9.17) is 0 Å². The molecule has 1 amide bonds. The van der Waals surface area contributed by atoms with Crippen molar-refractivity contribution in [2.24, 2.45) is 0 Å². The summed E-state index contributed by atoms with van der Waals surface area (Å²) in [4.78, 5) is 29.1. The average molecular weight is 354 g/mol. The van der Waals surface area contributed by atoms with E-state index in [1.54, 1.807) is 30.7 Å². The van der Waals surface area contributed by atoms with Gasteiger partial charge in [0.05, 0.1) is 6.20 Å². The quantitative estimate of drug-likeness (QED) is 0.614. The molecule has 0 radical (unpaired) electrons. The van der Waals surface area contributed by atoms with Crippen molar-refractivity contribution in [1.29, 1.82) is 5.26 Å². The highest BCUT2D eigenvalue weighted by atomic mass is 32.2. The third-order valence-corrected chi connectivity index (χ3v) is 4.62. The van der Waals surface area contributed by atoms with E-state index in [1.807, 2.05) is 11.2 Å². The van der Waals surface area contributed by atoms with Crippen molar-refractivity contribution < 1.29 is 4.79 Å². The molecule has 2 aromatic heterocycles. The first-order valence-corrected chi connectivity index (χ1v) is 9.21. The molecule has 0 N–H and O–H groups in total. The van der Waals surface area contributed by atoms with Crippen LogP contribution >= 0.6 is 11.8 Å². The van der Waals surface area contributed by atoms with E-state index in [0.717, 1.165) is 13.0 Å². The Morgan fingerprint density at radius 3 is 2.76 bits per heavy atom. The van der Waals surface area contributed by atoms with E-state index in [1.165, 1.54) is 11.8 Å². The molecule has 0 bridgehead atoms. The maximum Gasteiger partial charge on any atom is 0.254 e. The molecule has 0 atom stereocenters. The summed E-state index contributed by atoms with van der Waals surface area (Å²) in [7, 11) is 0. The minimum Gasteiger partial charge on any atom is -0.354 e. The van der Waals surface area contributed by atoms with Crippen LogP contribution < -0.4 is 4.90 Å². The van der Waals surface area contributed by atoms with Gasteiger partial charge in [-0.2, -0.15) is 5.26 Å². The first-order valence-electron chi connectivity index (χ1n) is 7.98. The summed E-state index contributed by atoms with van der Waals surface area (Å²) in [6.45, 7) is 2.65. The number of anilines is 1. The summed E-state index contributed by atoms with van der Waals surface area (Å²) in [6.07, 6.45) is 7.55. The van der Waals surface area contributed by atoms with Crippen LogP contribution in [-0.2, 0) is 0 Å². The Morgan fingerprint density at radius 1 is 1.24 bits per heavy atom. The minimum absolute atomic E-state index is 0.0113. The van der Waals surface area contributed by atoms with Gasteiger partial charge >= 0.3 is 0 Å². The average Bonchev–Trinajstić information content (AvgIpc) is 2.93. The molecule has 1 saturated heterocycles. The molecule has 7 nitrogen and oxygen atoms in total. The Labute approximate surface area is 150 Å². The van der Waals surface area contributed by atoms with Gasteiger partial charge in [-0.05, 0) is 24.8 Å². The number of thioether (sulfide) groups is 1. The number of rotatable bonds is 3. The molecule has 0 aliphatic carbocycles. The van der Waals surface area contributed by atoms with Crippen molar-refractivity contribution in [2.75, 3.05) is 37.3 Å². The van der Waals surface area contributed by atoms with Crippen molar-refractivity contribution in [3.05, 3.63) is 41.9 Å². The van der Waals surface area contributed by atoms with Crippen LogP contribution in [0.3, 0.4) is 0 Å². The van der Waals surface area contributed by atoms with Crippen LogP contribution in [0.1, 0.15) is 22.3 Å². The third-order valence-electron chi connectivity index (χ3n) is 4.06. The summed E-state index contributed by atoms with van der Waals surface area (Å²) in [5, 5.41) is 9.98. The van der Waals surface area contributed by atoms with E-state index < -0.39 is 0 Å². The van der Waals surface area contributed by atoms with Gasteiger partial charge in [0.15, 0.2) is 11.0 Å². The first-order chi connectivity index (χ1) is 12.2. The van der Waals surface area contributed by atoms with Crippen molar-refractivity contribution in [3.8, 4) is 6.07 Å². The fourth-order valence-electron chi connectivity index (χ4n) is 2.78. The van der Waals surface area contributed by atoms with E-state index in [2.05, 4.69) is 25.9 Å². The van der Waals surface area contributed by atoms with E-state index in [-0.39, 0.29) is 5.91 Å². The van der Waals surface area contributed by atoms with Crippen LogP contribution in [0.5, 0.6) is 0 Å². The highest BCUT2D eigenvalue weighted by Crippen LogP contribution is 2.21. The zero-order chi connectivity index (χ0) is 17.6. The minimum atomic E-state index is 0.0113. The predicted octanol–water partition coefficient (Wildman–Crippen LogP) is 1.82. The van der Waals surface area contributed by atoms with Crippen molar-refractivity contribution in [3.63, 3.8) is 0 Å². The lowest BCUT2D eigenvalue weighted by Crippen LogP contribution is -2.35. The highest BCUT2D eigenvalue weighted by Gasteiger charge is 2.22. The van der Waals surface area contributed by atoms with Gasteiger partial charge in [0, 0.05) is 44.1 Å². The second-order valence-electron chi connectivity index (χ2n) is 5.57. The fourth-order valence-corrected chi connectivity index (χ4v) is 3.12. The third kappa shape index (κ3) is 3.88. The number of pyridine rings is 1. The number of carbonyl (C=O) groups is 1. The number of hydrogen-bond donors (Lipinski definition) is 0. The lowest BCUT2D eigenvalue weighted by Gasteiger charge is -2.23. The molecule has 25 heavy (non-hydrogen) atoms. The van der Waals surface area contributed by atoms with Crippen molar-refractivity contribution in [2.45, 2.75) is 11.6 Å². The van der Waals surface area contributed by atoms with Gasteiger partial charge in [0.25, 0.3) is 5.91 Å². The summed E-state index contributed by atoms with van der Waals surface area (Å²) >= 11 is 1.45. The number of nitriles is 1. The zero-order valence-corrected chi connectivity index (χ0v) is 14.7. The molecular formula is C17H18N6OS. The molecular weight excluding hydrogens is 336 g/mol. The molecule has 8 heteroatoms. The molecule has 0 spiro atoms. The molecule has 0 unspecified atom stereocenters. The Hall–Kier alpha value is -2.66. The summed E-state index contributed by atoms with van der Waals surface area (Å²) < 4.78 is 0. The van der Waals surface area contributed by atoms with Gasteiger partial charge in [-0.1, -0.05) is 11.8 Å². The van der Waals surface area contributed by atoms with Gasteiger partial charge < -0.3 is 9.80 Å². The summed E-state index contributed by atoms with van der Waals surface area (Å²) in [6, 6.07) is 5.62. The number of amides is 1. The van der Waals surface area contributed by atoms with Crippen LogP contribution in [0.4, 0.5) is 5.82 Å². The van der Waals surface area contributed by atoms with Crippen molar-refractivity contribution >= 4 is 23.5 Å². The molecule has 1 aliphatic rings. The van der Waals surface area contributed by atoms with Gasteiger partial charge in [-0.15, -0.1) is 0 Å². The van der Waals surface area contributed by atoms with Crippen molar-refractivity contribution in [1.82, 2.24) is 19.9 Å². The second kappa shape index (κ2) is 7.94. The smallest absolute Gasteiger partial charge is 0.254 e. The number of nitrogens with zero attached hydrogens (tertiary/aromatic N) is 6. The molecule has 3 rings (SSSR count). The molecule has 1 aliphatic heterocycles. The number of hydrogen-bond acceptors (Lipinski definition) is 7. The SMILES string of the molecule is CSc1ncc(C#N)c(N2CCCN(C(=O)c3ccncc3)CC2)n1. The number of carbonyl (C=O) groups excluding carboxylic acids is 1.